The van der Waals surface area contributed by atoms with Crippen LogP contribution in [0.5, 0.6) is 0 Å². The highest BCUT2D eigenvalue weighted by molar-refractivity contribution is 5.87. The minimum absolute atomic E-state index is 0.137. The molecule has 3 rings (SSSR count). The van der Waals surface area contributed by atoms with E-state index in [2.05, 4.69) is 10.5 Å². The van der Waals surface area contributed by atoms with Crippen molar-refractivity contribution in [2.45, 2.75) is 12.3 Å². The third-order valence-electron chi connectivity index (χ3n) is 3.96. The lowest BCUT2D eigenvalue weighted by molar-refractivity contribution is -0.121. The van der Waals surface area contributed by atoms with Crippen molar-refractivity contribution in [1.82, 2.24) is 5.43 Å². The van der Waals surface area contributed by atoms with Gasteiger partial charge in [-0.05, 0) is 16.7 Å². The Bertz CT molecular complexity index is 775. The minimum atomic E-state index is -0.378. The normalized spacial score (nSPS) is 10.9. The Morgan fingerprint density at radius 3 is 1.80 bits per heavy atom. The van der Waals surface area contributed by atoms with Gasteiger partial charge in [-0.1, -0.05) is 91.0 Å². The minimum Gasteiger partial charge on any atom is -0.272 e. The third kappa shape index (κ3) is 4.64. The third-order valence-corrected chi connectivity index (χ3v) is 3.96. The topological polar surface area (TPSA) is 41.5 Å². The van der Waals surface area contributed by atoms with Crippen LogP contribution >= 0.6 is 0 Å². The zero-order valence-corrected chi connectivity index (χ0v) is 13.9. The van der Waals surface area contributed by atoms with E-state index in [0.29, 0.717) is 6.42 Å². The van der Waals surface area contributed by atoms with Gasteiger partial charge in [-0.25, -0.2) is 5.43 Å². The Morgan fingerprint density at radius 2 is 1.28 bits per heavy atom. The van der Waals surface area contributed by atoms with E-state index >= 15 is 0 Å². The van der Waals surface area contributed by atoms with Crippen molar-refractivity contribution < 1.29 is 4.79 Å². The van der Waals surface area contributed by atoms with E-state index < -0.39 is 0 Å². The van der Waals surface area contributed by atoms with Crippen molar-refractivity contribution in [1.29, 1.82) is 0 Å². The standard InChI is InChI=1S/C22H20N2O/c25-22(24-23-17-16-18-10-4-1-5-11-18)21(19-12-6-2-7-13-19)20-14-8-3-9-15-20/h1-15,17,21H,16H2,(H,24,25). The molecule has 25 heavy (non-hydrogen) atoms. The summed E-state index contributed by atoms with van der Waals surface area (Å²) in [6.07, 6.45) is 2.41. The number of amides is 1. The number of hydrazone groups is 1. The number of nitrogens with one attached hydrogen (secondary N) is 1. The lowest BCUT2D eigenvalue weighted by Crippen LogP contribution is -2.26. The van der Waals surface area contributed by atoms with Crippen molar-refractivity contribution in [2.75, 3.05) is 0 Å². The number of carbonyl (C=O) groups excluding carboxylic acids is 1. The molecule has 1 amide bonds. The number of nitrogens with zero attached hydrogens (tertiary/aromatic N) is 1. The van der Waals surface area contributed by atoms with E-state index in [1.54, 1.807) is 6.21 Å². The molecule has 0 atom stereocenters. The number of hydrogen-bond donors (Lipinski definition) is 1. The van der Waals surface area contributed by atoms with Gasteiger partial charge >= 0.3 is 0 Å². The highest BCUT2D eigenvalue weighted by Crippen LogP contribution is 2.24. The highest BCUT2D eigenvalue weighted by Gasteiger charge is 2.21. The first-order valence-corrected chi connectivity index (χ1v) is 8.30. The van der Waals surface area contributed by atoms with Crippen LogP contribution in [-0.4, -0.2) is 12.1 Å². The quantitative estimate of drug-likeness (QED) is 0.536. The van der Waals surface area contributed by atoms with Crippen LogP contribution in [0, 0.1) is 0 Å². The van der Waals surface area contributed by atoms with Gasteiger partial charge in [0.1, 0.15) is 0 Å². The average molecular weight is 328 g/mol. The molecule has 3 aromatic rings. The molecule has 3 aromatic carbocycles. The summed E-state index contributed by atoms with van der Waals surface area (Å²) < 4.78 is 0. The number of benzene rings is 3. The van der Waals surface area contributed by atoms with Crippen molar-refractivity contribution in [2.24, 2.45) is 5.10 Å². The van der Waals surface area contributed by atoms with Crippen LogP contribution in [0.15, 0.2) is 96.1 Å². The van der Waals surface area contributed by atoms with Crippen molar-refractivity contribution in [3.05, 3.63) is 108 Å². The van der Waals surface area contributed by atoms with Crippen LogP contribution in [0.3, 0.4) is 0 Å². The van der Waals surface area contributed by atoms with Crippen LogP contribution in [-0.2, 0) is 11.2 Å². The molecule has 0 spiro atoms. The largest absolute Gasteiger partial charge is 0.272 e. The molecule has 0 saturated carbocycles. The highest BCUT2D eigenvalue weighted by atomic mass is 16.2. The summed E-state index contributed by atoms with van der Waals surface area (Å²) in [7, 11) is 0. The van der Waals surface area contributed by atoms with Gasteiger partial charge in [0.15, 0.2) is 0 Å². The molecular weight excluding hydrogens is 308 g/mol. The second-order valence-electron chi connectivity index (χ2n) is 5.73. The zero-order valence-electron chi connectivity index (χ0n) is 13.9. The molecule has 0 unspecified atom stereocenters. The molecule has 0 aromatic heterocycles. The van der Waals surface area contributed by atoms with Crippen LogP contribution in [0.1, 0.15) is 22.6 Å². The maximum absolute atomic E-state index is 12.7. The molecule has 3 heteroatoms. The van der Waals surface area contributed by atoms with Crippen LogP contribution in [0.2, 0.25) is 0 Å². The van der Waals surface area contributed by atoms with Crippen LogP contribution < -0.4 is 5.43 Å². The maximum Gasteiger partial charge on any atom is 0.252 e. The van der Waals surface area contributed by atoms with Gasteiger partial charge in [-0.3, -0.25) is 4.79 Å². The SMILES string of the molecule is O=C(NN=CCc1ccccc1)C(c1ccccc1)c1ccccc1. The van der Waals surface area contributed by atoms with E-state index in [4.69, 9.17) is 0 Å². The lowest BCUT2D eigenvalue weighted by Gasteiger charge is -2.16. The van der Waals surface area contributed by atoms with E-state index in [1.165, 1.54) is 0 Å². The van der Waals surface area contributed by atoms with Gasteiger partial charge in [-0.15, -0.1) is 0 Å². The summed E-state index contributed by atoms with van der Waals surface area (Å²) in [5.74, 6) is -0.516. The first kappa shape index (κ1) is 16.7. The van der Waals surface area contributed by atoms with E-state index in [0.717, 1.165) is 16.7 Å². The Hall–Kier alpha value is -3.20. The summed E-state index contributed by atoms with van der Waals surface area (Å²) in [4.78, 5) is 12.7. The summed E-state index contributed by atoms with van der Waals surface area (Å²) in [5.41, 5.74) is 5.73. The number of carbonyl (C=O) groups is 1. The molecule has 0 heterocycles. The molecule has 0 aliphatic carbocycles. The average Bonchev–Trinajstić information content (AvgIpc) is 2.68. The molecule has 0 fully saturated rings. The Labute approximate surface area is 148 Å². The van der Waals surface area contributed by atoms with Crippen molar-refractivity contribution >= 4 is 12.1 Å². The summed E-state index contributed by atoms with van der Waals surface area (Å²) in [5, 5.41) is 4.11. The van der Waals surface area contributed by atoms with Crippen LogP contribution in [0.4, 0.5) is 0 Å². The lowest BCUT2D eigenvalue weighted by atomic mass is 9.91. The van der Waals surface area contributed by atoms with Gasteiger partial charge in [0, 0.05) is 12.6 Å². The zero-order chi connectivity index (χ0) is 17.3. The second-order valence-corrected chi connectivity index (χ2v) is 5.73. The first-order valence-electron chi connectivity index (χ1n) is 8.30. The Kier molecular flexibility index (Phi) is 5.73. The fraction of sp³-hybridized carbons (Fsp3) is 0.0909. The molecule has 0 radical (unpaired) electrons. The summed E-state index contributed by atoms with van der Waals surface area (Å²) in [6, 6.07) is 29.5. The Balaban J connectivity index is 1.72. The maximum atomic E-state index is 12.7. The van der Waals surface area contributed by atoms with E-state index in [-0.39, 0.29) is 11.8 Å². The smallest absolute Gasteiger partial charge is 0.252 e. The predicted octanol–water partition coefficient (Wildman–Crippen LogP) is 4.16. The summed E-state index contributed by atoms with van der Waals surface area (Å²) >= 11 is 0. The van der Waals surface area contributed by atoms with Crippen molar-refractivity contribution in [3.63, 3.8) is 0 Å². The molecular formula is C22H20N2O. The second kappa shape index (κ2) is 8.60. The Morgan fingerprint density at radius 1 is 0.800 bits per heavy atom. The van der Waals surface area contributed by atoms with Gasteiger partial charge in [0.2, 0.25) is 0 Å². The van der Waals surface area contributed by atoms with Gasteiger partial charge < -0.3 is 0 Å². The summed E-state index contributed by atoms with van der Waals surface area (Å²) in [6.45, 7) is 0. The fourth-order valence-corrected chi connectivity index (χ4v) is 2.73. The van der Waals surface area contributed by atoms with Gasteiger partial charge in [0.25, 0.3) is 5.91 Å². The fourth-order valence-electron chi connectivity index (χ4n) is 2.73. The van der Waals surface area contributed by atoms with E-state index in [9.17, 15) is 4.79 Å². The number of rotatable bonds is 6. The van der Waals surface area contributed by atoms with Gasteiger partial charge in [-0.2, -0.15) is 5.10 Å². The van der Waals surface area contributed by atoms with Crippen molar-refractivity contribution in [3.8, 4) is 0 Å². The monoisotopic (exact) mass is 328 g/mol. The molecule has 0 bridgehead atoms. The number of hydrogen-bond acceptors (Lipinski definition) is 2. The molecule has 0 saturated heterocycles. The molecule has 1 N–H and O–H groups in total. The van der Waals surface area contributed by atoms with E-state index in [1.807, 2.05) is 91.0 Å². The first-order chi connectivity index (χ1) is 12.3. The molecule has 3 nitrogen and oxygen atoms in total. The molecule has 124 valence electrons. The van der Waals surface area contributed by atoms with Crippen LogP contribution in [0.25, 0.3) is 0 Å². The molecule has 0 aliphatic heterocycles. The predicted molar refractivity (Wildman–Crippen MR) is 102 cm³/mol. The molecule has 0 aliphatic rings. The van der Waals surface area contributed by atoms with Gasteiger partial charge in [0.05, 0.1) is 5.92 Å².